The Morgan fingerprint density at radius 1 is 1.30 bits per heavy atom. The van der Waals surface area contributed by atoms with E-state index in [2.05, 4.69) is 4.98 Å². The van der Waals surface area contributed by atoms with Gasteiger partial charge in [-0.05, 0) is 44.8 Å². The number of hydrogen-bond donors (Lipinski definition) is 1. The minimum atomic E-state index is -0.276. The van der Waals surface area contributed by atoms with Crippen LogP contribution < -0.4 is 0 Å². The van der Waals surface area contributed by atoms with E-state index >= 15 is 0 Å². The van der Waals surface area contributed by atoms with Crippen molar-refractivity contribution >= 4 is 22.7 Å². The molecule has 2 amide bonds. The summed E-state index contributed by atoms with van der Waals surface area (Å²) < 4.78 is 13.3. The zero-order chi connectivity index (χ0) is 19.6. The van der Waals surface area contributed by atoms with Crippen LogP contribution in [0, 0.1) is 11.7 Å². The average Bonchev–Trinajstić information content (AvgIpc) is 3.01. The molecule has 0 radical (unpaired) electrons. The second-order valence-electron chi connectivity index (χ2n) is 7.60. The molecular weight excluding hydrogens is 347 g/mol. The zero-order valence-electron chi connectivity index (χ0n) is 16.2. The van der Waals surface area contributed by atoms with Crippen molar-refractivity contribution in [1.29, 1.82) is 0 Å². The fraction of sp³-hybridized carbons (Fsp3) is 0.500. The highest BCUT2D eigenvalue weighted by atomic mass is 19.1. The summed E-state index contributed by atoms with van der Waals surface area (Å²) in [6.45, 7) is 2.34. The quantitative estimate of drug-likeness (QED) is 0.842. The number of hydrogen-bond acceptors (Lipinski definition) is 3. The molecule has 7 heteroatoms. The molecule has 1 fully saturated rings. The number of halogens is 1. The summed E-state index contributed by atoms with van der Waals surface area (Å²) >= 11 is 0. The number of carbonyl (C=O) groups is 2. The number of aromatic nitrogens is 1. The van der Waals surface area contributed by atoms with Gasteiger partial charge in [0, 0.05) is 49.7 Å². The Morgan fingerprint density at radius 3 is 2.81 bits per heavy atom. The van der Waals surface area contributed by atoms with Crippen molar-refractivity contribution in [3.8, 4) is 0 Å². The molecule has 1 aliphatic rings. The van der Waals surface area contributed by atoms with E-state index in [-0.39, 0.29) is 23.5 Å². The van der Waals surface area contributed by atoms with E-state index in [1.165, 1.54) is 12.1 Å². The van der Waals surface area contributed by atoms with Crippen LogP contribution in [0.3, 0.4) is 0 Å². The number of H-pyrrole nitrogens is 1. The molecular formula is C20H27FN4O2. The molecule has 1 atom stereocenters. The van der Waals surface area contributed by atoms with Gasteiger partial charge in [0.1, 0.15) is 5.82 Å². The van der Waals surface area contributed by atoms with E-state index in [4.69, 9.17) is 0 Å². The van der Waals surface area contributed by atoms with Crippen molar-refractivity contribution < 1.29 is 14.0 Å². The van der Waals surface area contributed by atoms with Crippen LogP contribution >= 0.6 is 0 Å². The van der Waals surface area contributed by atoms with Gasteiger partial charge in [-0.1, -0.05) is 0 Å². The number of amides is 2. The maximum absolute atomic E-state index is 13.3. The SMILES string of the molecule is CN(C)CCN1C[C@H](C(=O)N(C)Cc2cc3cc(F)ccc3[nH]2)CCC1=O. The Bertz CT molecular complexity index is 832. The second-order valence-corrected chi connectivity index (χ2v) is 7.60. The van der Waals surface area contributed by atoms with Crippen LogP contribution in [0.15, 0.2) is 24.3 Å². The van der Waals surface area contributed by atoms with Gasteiger partial charge >= 0.3 is 0 Å². The smallest absolute Gasteiger partial charge is 0.227 e. The Balaban J connectivity index is 1.62. The Morgan fingerprint density at radius 2 is 2.07 bits per heavy atom. The highest BCUT2D eigenvalue weighted by Crippen LogP contribution is 2.22. The standard InChI is InChI=1S/C20H27FN4O2/c1-23(2)8-9-25-12-14(4-7-19(25)26)20(27)24(3)13-17-11-15-10-16(21)5-6-18(15)22-17/h5-6,10-11,14,22H,4,7-9,12-13H2,1-3H3/t14-/m1/s1. The van der Waals surface area contributed by atoms with Gasteiger partial charge in [0.2, 0.25) is 11.8 Å². The van der Waals surface area contributed by atoms with Crippen LogP contribution in [-0.4, -0.2) is 72.3 Å². The fourth-order valence-corrected chi connectivity index (χ4v) is 3.55. The van der Waals surface area contributed by atoms with Gasteiger partial charge in [0.05, 0.1) is 12.5 Å². The van der Waals surface area contributed by atoms with Crippen LogP contribution in [0.25, 0.3) is 10.9 Å². The van der Waals surface area contributed by atoms with Gasteiger partial charge < -0.3 is 19.7 Å². The first kappa shape index (κ1) is 19.4. The molecule has 0 saturated carbocycles. The number of aromatic amines is 1. The molecule has 27 heavy (non-hydrogen) atoms. The van der Waals surface area contributed by atoms with Gasteiger partial charge in [-0.2, -0.15) is 0 Å². The summed E-state index contributed by atoms with van der Waals surface area (Å²) in [5, 5.41) is 0.795. The number of rotatable bonds is 6. The highest BCUT2D eigenvalue weighted by Gasteiger charge is 2.31. The number of nitrogens with one attached hydrogen (secondary N) is 1. The number of likely N-dealkylation sites (tertiary alicyclic amines) is 1. The third kappa shape index (κ3) is 4.66. The van der Waals surface area contributed by atoms with Crippen LogP contribution in [0.2, 0.25) is 0 Å². The lowest BCUT2D eigenvalue weighted by Crippen LogP contribution is -2.47. The van der Waals surface area contributed by atoms with Crippen LogP contribution in [0.1, 0.15) is 18.5 Å². The number of fused-ring (bicyclic) bond motifs is 1. The summed E-state index contributed by atoms with van der Waals surface area (Å²) in [6, 6.07) is 6.46. The number of nitrogens with zero attached hydrogens (tertiary/aromatic N) is 3. The summed E-state index contributed by atoms with van der Waals surface area (Å²) in [5.41, 5.74) is 1.72. The summed E-state index contributed by atoms with van der Waals surface area (Å²) in [7, 11) is 5.71. The molecule has 2 heterocycles. The number of piperidine rings is 1. The summed E-state index contributed by atoms with van der Waals surface area (Å²) in [5.74, 6) is -0.276. The van der Waals surface area contributed by atoms with Gasteiger partial charge in [0.15, 0.2) is 0 Å². The first-order valence-electron chi connectivity index (χ1n) is 9.28. The van der Waals surface area contributed by atoms with E-state index < -0.39 is 0 Å². The lowest BCUT2D eigenvalue weighted by molar-refractivity contribution is -0.142. The molecule has 1 N–H and O–H groups in total. The minimum absolute atomic E-state index is 0.0437. The first-order chi connectivity index (χ1) is 12.8. The van der Waals surface area contributed by atoms with Crippen molar-refractivity contribution in [1.82, 2.24) is 19.7 Å². The zero-order valence-corrected chi connectivity index (χ0v) is 16.2. The molecule has 1 aromatic carbocycles. The van der Waals surface area contributed by atoms with Crippen molar-refractivity contribution in [2.75, 3.05) is 40.8 Å². The molecule has 0 bridgehead atoms. The average molecular weight is 374 g/mol. The predicted molar refractivity (Wildman–Crippen MR) is 103 cm³/mol. The van der Waals surface area contributed by atoms with E-state index in [1.54, 1.807) is 22.9 Å². The third-order valence-corrected chi connectivity index (χ3v) is 5.09. The van der Waals surface area contributed by atoms with Crippen LogP contribution in [0.4, 0.5) is 4.39 Å². The maximum Gasteiger partial charge on any atom is 0.227 e. The lowest BCUT2D eigenvalue weighted by atomic mass is 9.96. The molecule has 0 aliphatic carbocycles. The molecule has 2 aromatic rings. The van der Waals surface area contributed by atoms with E-state index in [1.807, 2.05) is 25.1 Å². The molecule has 0 spiro atoms. The number of benzene rings is 1. The lowest BCUT2D eigenvalue weighted by Gasteiger charge is -2.34. The van der Waals surface area contributed by atoms with Crippen LogP contribution in [-0.2, 0) is 16.1 Å². The fourth-order valence-electron chi connectivity index (χ4n) is 3.55. The van der Waals surface area contributed by atoms with Crippen molar-refractivity contribution in [3.63, 3.8) is 0 Å². The Hall–Kier alpha value is -2.41. The summed E-state index contributed by atoms with van der Waals surface area (Å²) in [6.07, 6.45) is 1.02. The minimum Gasteiger partial charge on any atom is -0.357 e. The van der Waals surface area contributed by atoms with Crippen molar-refractivity contribution in [3.05, 3.63) is 35.8 Å². The predicted octanol–water partition coefficient (Wildman–Crippen LogP) is 2.07. The number of likely N-dealkylation sites (N-methyl/N-ethyl adjacent to an activating group) is 1. The third-order valence-electron chi connectivity index (χ3n) is 5.09. The highest BCUT2D eigenvalue weighted by molar-refractivity contribution is 5.84. The molecule has 1 aliphatic heterocycles. The van der Waals surface area contributed by atoms with E-state index in [9.17, 15) is 14.0 Å². The molecule has 146 valence electrons. The van der Waals surface area contributed by atoms with Crippen molar-refractivity contribution in [2.45, 2.75) is 19.4 Å². The molecule has 1 saturated heterocycles. The van der Waals surface area contributed by atoms with E-state index in [0.717, 1.165) is 23.1 Å². The van der Waals surface area contributed by atoms with Crippen molar-refractivity contribution in [2.24, 2.45) is 5.92 Å². The van der Waals surface area contributed by atoms with Gasteiger partial charge in [-0.3, -0.25) is 9.59 Å². The molecule has 0 unspecified atom stereocenters. The number of carbonyl (C=O) groups excluding carboxylic acids is 2. The van der Waals surface area contributed by atoms with Gasteiger partial charge in [-0.25, -0.2) is 4.39 Å². The largest absolute Gasteiger partial charge is 0.357 e. The van der Waals surface area contributed by atoms with Gasteiger partial charge in [-0.15, -0.1) is 0 Å². The van der Waals surface area contributed by atoms with E-state index in [0.29, 0.717) is 32.5 Å². The second kappa shape index (κ2) is 8.08. The van der Waals surface area contributed by atoms with Crippen LogP contribution in [0.5, 0.6) is 0 Å². The summed E-state index contributed by atoms with van der Waals surface area (Å²) in [4.78, 5) is 33.7. The Kier molecular flexibility index (Phi) is 5.79. The normalized spacial score (nSPS) is 17.7. The van der Waals surface area contributed by atoms with Gasteiger partial charge in [0.25, 0.3) is 0 Å². The first-order valence-corrected chi connectivity index (χ1v) is 9.28. The topological polar surface area (TPSA) is 59.6 Å². The Labute approximate surface area is 158 Å². The monoisotopic (exact) mass is 374 g/mol. The molecule has 1 aromatic heterocycles. The molecule has 3 rings (SSSR count). The maximum atomic E-state index is 13.3. The molecule has 6 nitrogen and oxygen atoms in total.